The molecule has 0 aliphatic rings. The monoisotopic (exact) mass is 318 g/mol. The molecular formula is C15H24Cl2N2O. The number of amides is 1. The van der Waals surface area contributed by atoms with Crippen molar-refractivity contribution in [3.63, 3.8) is 0 Å². The molecule has 2 N–H and O–H groups in total. The van der Waals surface area contributed by atoms with Crippen LogP contribution in [0.25, 0.3) is 0 Å². The Morgan fingerprint density at radius 1 is 1.40 bits per heavy atom. The molecule has 1 aromatic carbocycles. The number of benzene rings is 1. The van der Waals surface area contributed by atoms with Crippen LogP contribution < -0.4 is 5.73 Å². The second kappa shape index (κ2) is 8.50. The van der Waals surface area contributed by atoms with Gasteiger partial charge in [-0.1, -0.05) is 37.1 Å². The van der Waals surface area contributed by atoms with E-state index < -0.39 is 5.54 Å². The predicted octanol–water partition coefficient (Wildman–Crippen LogP) is 3.63. The van der Waals surface area contributed by atoms with Crippen LogP contribution >= 0.6 is 24.0 Å². The Morgan fingerprint density at radius 2 is 2.05 bits per heavy atom. The molecule has 1 amide bonds. The lowest BCUT2D eigenvalue weighted by Crippen LogP contribution is -2.52. The second-order valence-corrected chi connectivity index (χ2v) is 5.55. The highest BCUT2D eigenvalue weighted by Crippen LogP contribution is 2.17. The summed E-state index contributed by atoms with van der Waals surface area (Å²) in [4.78, 5) is 14.2. The Labute approximate surface area is 132 Å². The van der Waals surface area contributed by atoms with Crippen LogP contribution in [0.2, 0.25) is 5.02 Å². The first kappa shape index (κ1) is 19.2. The number of nitrogens with zero attached hydrogens (tertiary/aromatic N) is 1. The van der Waals surface area contributed by atoms with Gasteiger partial charge in [0.15, 0.2) is 0 Å². The molecule has 0 aromatic heterocycles. The van der Waals surface area contributed by atoms with E-state index in [1.807, 2.05) is 38.1 Å². The molecule has 0 heterocycles. The number of carbonyl (C=O) groups excluding carboxylic acids is 1. The van der Waals surface area contributed by atoms with Gasteiger partial charge in [0.1, 0.15) is 0 Å². The quantitative estimate of drug-likeness (QED) is 0.870. The van der Waals surface area contributed by atoms with Crippen molar-refractivity contribution in [2.45, 2.75) is 45.7 Å². The highest BCUT2D eigenvalue weighted by atomic mass is 35.5. The zero-order valence-corrected chi connectivity index (χ0v) is 13.9. The summed E-state index contributed by atoms with van der Waals surface area (Å²) in [5, 5.41) is 0.685. The third kappa shape index (κ3) is 5.31. The molecule has 114 valence electrons. The minimum atomic E-state index is -0.788. The number of hydrogen-bond donors (Lipinski definition) is 1. The van der Waals surface area contributed by atoms with Crippen molar-refractivity contribution in [2.75, 3.05) is 6.54 Å². The normalized spacial score (nSPS) is 13.2. The minimum Gasteiger partial charge on any atom is -0.337 e. The molecule has 0 spiro atoms. The number of likely N-dealkylation sites (N-methyl/N-ethyl adjacent to an activating group) is 1. The average molecular weight is 319 g/mol. The predicted molar refractivity (Wildman–Crippen MR) is 87.3 cm³/mol. The smallest absolute Gasteiger partial charge is 0.242 e. The lowest BCUT2D eigenvalue weighted by Gasteiger charge is -2.31. The van der Waals surface area contributed by atoms with Crippen molar-refractivity contribution in [3.8, 4) is 0 Å². The van der Waals surface area contributed by atoms with E-state index in [4.69, 9.17) is 17.3 Å². The van der Waals surface area contributed by atoms with Gasteiger partial charge in [-0.15, -0.1) is 12.4 Å². The van der Waals surface area contributed by atoms with Gasteiger partial charge in [-0.05, 0) is 38.0 Å². The first-order chi connectivity index (χ1) is 8.90. The molecule has 0 aliphatic carbocycles. The molecule has 0 saturated heterocycles. The van der Waals surface area contributed by atoms with Crippen LogP contribution in [0, 0.1) is 0 Å². The Morgan fingerprint density at radius 3 is 2.55 bits per heavy atom. The SMILES string of the molecule is CCCC(C)(N)C(=O)N(CC)Cc1cccc(Cl)c1.Cl. The maximum absolute atomic E-state index is 12.4. The van der Waals surface area contributed by atoms with Gasteiger partial charge in [0.25, 0.3) is 0 Å². The third-order valence-electron chi connectivity index (χ3n) is 3.19. The highest BCUT2D eigenvalue weighted by molar-refractivity contribution is 6.30. The van der Waals surface area contributed by atoms with Crippen LogP contribution in [-0.2, 0) is 11.3 Å². The summed E-state index contributed by atoms with van der Waals surface area (Å²) in [6, 6.07) is 7.57. The van der Waals surface area contributed by atoms with Crippen LogP contribution in [0.4, 0.5) is 0 Å². The van der Waals surface area contributed by atoms with Crippen molar-refractivity contribution in [1.82, 2.24) is 4.90 Å². The maximum Gasteiger partial charge on any atom is 0.242 e. The zero-order valence-electron chi connectivity index (χ0n) is 12.4. The first-order valence-corrected chi connectivity index (χ1v) is 7.11. The molecule has 1 rings (SSSR count). The molecular weight excluding hydrogens is 295 g/mol. The van der Waals surface area contributed by atoms with Crippen LogP contribution in [0.1, 0.15) is 39.2 Å². The van der Waals surface area contributed by atoms with Crippen molar-refractivity contribution in [3.05, 3.63) is 34.9 Å². The van der Waals surface area contributed by atoms with Gasteiger partial charge in [0.2, 0.25) is 5.91 Å². The molecule has 0 fully saturated rings. The average Bonchev–Trinajstić information content (AvgIpc) is 2.35. The van der Waals surface area contributed by atoms with E-state index >= 15 is 0 Å². The molecule has 0 bridgehead atoms. The lowest BCUT2D eigenvalue weighted by molar-refractivity contribution is -0.137. The van der Waals surface area contributed by atoms with Crippen LogP contribution in [0.3, 0.4) is 0 Å². The lowest BCUT2D eigenvalue weighted by atomic mass is 9.95. The van der Waals surface area contributed by atoms with Gasteiger partial charge in [0, 0.05) is 18.1 Å². The van der Waals surface area contributed by atoms with E-state index in [2.05, 4.69) is 0 Å². The van der Waals surface area contributed by atoms with E-state index in [0.29, 0.717) is 24.5 Å². The van der Waals surface area contributed by atoms with E-state index in [-0.39, 0.29) is 18.3 Å². The third-order valence-corrected chi connectivity index (χ3v) is 3.42. The van der Waals surface area contributed by atoms with Gasteiger partial charge in [-0.25, -0.2) is 0 Å². The first-order valence-electron chi connectivity index (χ1n) is 6.73. The van der Waals surface area contributed by atoms with Crippen molar-refractivity contribution >= 4 is 29.9 Å². The fourth-order valence-electron chi connectivity index (χ4n) is 2.17. The van der Waals surface area contributed by atoms with Crippen molar-refractivity contribution in [2.24, 2.45) is 5.73 Å². The van der Waals surface area contributed by atoms with E-state index in [1.54, 1.807) is 11.8 Å². The number of hydrogen-bond acceptors (Lipinski definition) is 2. The number of halogens is 2. The minimum absolute atomic E-state index is 0. The van der Waals surface area contributed by atoms with Crippen LogP contribution in [0.5, 0.6) is 0 Å². The molecule has 5 heteroatoms. The van der Waals surface area contributed by atoms with Gasteiger partial charge < -0.3 is 10.6 Å². The van der Waals surface area contributed by atoms with Gasteiger partial charge in [-0.3, -0.25) is 4.79 Å². The molecule has 1 aromatic rings. The molecule has 0 radical (unpaired) electrons. The second-order valence-electron chi connectivity index (χ2n) is 5.12. The summed E-state index contributed by atoms with van der Waals surface area (Å²) in [6.07, 6.45) is 1.59. The molecule has 0 saturated carbocycles. The Bertz CT molecular complexity index is 436. The number of nitrogens with two attached hydrogens (primary N) is 1. The summed E-state index contributed by atoms with van der Waals surface area (Å²) >= 11 is 5.96. The van der Waals surface area contributed by atoms with Crippen molar-refractivity contribution in [1.29, 1.82) is 0 Å². The van der Waals surface area contributed by atoms with E-state index in [9.17, 15) is 4.79 Å². The Balaban J connectivity index is 0.00000361. The molecule has 20 heavy (non-hydrogen) atoms. The summed E-state index contributed by atoms with van der Waals surface area (Å²) in [5.41, 5.74) is 6.35. The largest absolute Gasteiger partial charge is 0.337 e. The standard InChI is InChI=1S/C15H23ClN2O.ClH/c1-4-9-15(3,17)14(19)18(5-2)11-12-7-6-8-13(16)10-12;/h6-8,10H,4-5,9,11,17H2,1-3H3;1H. The van der Waals surface area contributed by atoms with E-state index in [0.717, 1.165) is 12.0 Å². The summed E-state index contributed by atoms with van der Waals surface area (Å²) in [5.74, 6) is -0.00294. The van der Waals surface area contributed by atoms with Gasteiger partial charge in [-0.2, -0.15) is 0 Å². The zero-order chi connectivity index (χ0) is 14.5. The maximum atomic E-state index is 12.4. The number of rotatable bonds is 6. The van der Waals surface area contributed by atoms with Crippen LogP contribution in [-0.4, -0.2) is 22.9 Å². The van der Waals surface area contributed by atoms with Gasteiger partial charge >= 0.3 is 0 Å². The topological polar surface area (TPSA) is 46.3 Å². The Kier molecular flexibility index (Phi) is 8.17. The van der Waals surface area contributed by atoms with Crippen LogP contribution in [0.15, 0.2) is 24.3 Å². The fraction of sp³-hybridized carbons (Fsp3) is 0.533. The molecule has 0 aliphatic heterocycles. The molecule has 1 unspecified atom stereocenters. The molecule has 1 atom stereocenters. The highest BCUT2D eigenvalue weighted by Gasteiger charge is 2.31. The number of carbonyl (C=O) groups is 1. The molecule has 3 nitrogen and oxygen atoms in total. The Hall–Kier alpha value is -0.770. The summed E-state index contributed by atoms with van der Waals surface area (Å²) in [7, 11) is 0. The summed E-state index contributed by atoms with van der Waals surface area (Å²) in [6.45, 7) is 6.99. The fourth-order valence-corrected chi connectivity index (χ4v) is 2.38. The summed E-state index contributed by atoms with van der Waals surface area (Å²) < 4.78 is 0. The van der Waals surface area contributed by atoms with Crippen molar-refractivity contribution < 1.29 is 4.79 Å². The van der Waals surface area contributed by atoms with Gasteiger partial charge in [0.05, 0.1) is 5.54 Å². The van der Waals surface area contributed by atoms with E-state index in [1.165, 1.54) is 0 Å².